The number of thioether (sulfide) groups is 1. The first kappa shape index (κ1) is 23.6. The maximum Gasteiger partial charge on any atom is 0.261 e. The second-order valence-electron chi connectivity index (χ2n) is 9.13. The lowest BCUT2D eigenvalue weighted by atomic mass is 9.93. The summed E-state index contributed by atoms with van der Waals surface area (Å²) in [4.78, 5) is 28.8. The van der Waals surface area contributed by atoms with Crippen LogP contribution in [0.4, 0.5) is 0 Å². The van der Waals surface area contributed by atoms with Gasteiger partial charge in [-0.2, -0.15) is 0 Å². The molecule has 1 N–H and O–H groups in total. The molecular weight excluding hydrogens is 428 g/mol. The Bertz CT molecular complexity index is 998. The van der Waals surface area contributed by atoms with E-state index in [0.29, 0.717) is 11.8 Å². The topological polar surface area (TPSA) is 49.4 Å². The van der Waals surface area contributed by atoms with Crippen LogP contribution in [0.15, 0.2) is 53.4 Å². The van der Waals surface area contributed by atoms with E-state index in [-0.39, 0.29) is 24.4 Å². The largest absolute Gasteiger partial charge is 0.354 e. The summed E-state index contributed by atoms with van der Waals surface area (Å²) in [7, 11) is 0. The van der Waals surface area contributed by atoms with E-state index in [0.717, 1.165) is 42.6 Å². The van der Waals surface area contributed by atoms with Gasteiger partial charge in [0.2, 0.25) is 5.91 Å². The number of carbonyl (C=O) groups excluding carboxylic acids is 2. The van der Waals surface area contributed by atoms with Crippen LogP contribution in [0.2, 0.25) is 0 Å². The van der Waals surface area contributed by atoms with Crippen molar-refractivity contribution in [1.82, 2.24) is 10.2 Å². The average Bonchev–Trinajstić information content (AvgIpc) is 2.83. The van der Waals surface area contributed by atoms with Gasteiger partial charge in [0.25, 0.3) is 5.91 Å². The van der Waals surface area contributed by atoms with E-state index >= 15 is 0 Å². The molecule has 2 unspecified atom stereocenters. The Hall–Kier alpha value is -2.53. The number of benzene rings is 2. The van der Waals surface area contributed by atoms with Crippen LogP contribution in [0.1, 0.15) is 54.9 Å². The number of hydrogen-bond acceptors (Lipinski definition) is 3. The molecule has 2 aliphatic rings. The van der Waals surface area contributed by atoms with Crippen molar-refractivity contribution >= 4 is 29.7 Å². The van der Waals surface area contributed by atoms with Gasteiger partial charge in [-0.15, -0.1) is 11.8 Å². The van der Waals surface area contributed by atoms with Crippen molar-refractivity contribution in [3.63, 3.8) is 0 Å². The van der Waals surface area contributed by atoms with Gasteiger partial charge >= 0.3 is 0 Å². The van der Waals surface area contributed by atoms with Crippen molar-refractivity contribution in [3.05, 3.63) is 75.7 Å². The molecule has 0 spiro atoms. The molecule has 1 aliphatic carbocycles. The molecule has 0 aromatic heterocycles. The van der Waals surface area contributed by atoms with E-state index in [1.165, 1.54) is 23.1 Å². The minimum Gasteiger partial charge on any atom is -0.354 e. The van der Waals surface area contributed by atoms with Gasteiger partial charge in [-0.05, 0) is 55.4 Å². The van der Waals surface area contributed by atoms with Gasteiger partial charge in [0.05, 0.1) is 4.91 Å². The van der Waals surface area contributed by atoms with Gasteiger partial charge in [-0.3, -0.25) is 9.59 Å². The third kappa shape index (κ3) is 6.08. The summed E-state index contributed by atoms with van der Waals surface area (Å²) in [6.45, 7) is 4.93. The second kappa shape index (κ2) is 11.1. The van der Waals surface area contributed by atoms with Crippen LogP contribution in [0.25, 0.3) is 6.08 Å². The third-order valence-electron chi connectivity index (χ3n) is 6.67. The predicted molar refractivity (Wildman–Crippen MR) is 137 cm³/mol. The molecule has 33 heavy (non-hydrogen) atoms. The number of aryl methyl sites for hydroxylation is 2. The normalized spacial score (nSPS) is 21.7. The molecule has 2 aromatic carbocycles. The van der Waals surface area contributed by atoms with Crippen molar-refractivity contribution in [2.45, 2.75) is 63.7 Å². The monoisotopic (exact) mass is 462 g/mol. The molecule has 2 atom stereocenters. The van der Waals surface area contributed by atoms with Crippen LogP contribution in [0, 0.1) is 6.92 Å². The van der Waals surface area contributed by atoms with Crippen molar-refractivity contribution < 1.29 is 9.59 Å². The lowest BCUT2D eigenvalue weighted by Gasteiger charge is -2.43. The van der Waals surface area contributed by atoms with Gasteiger partial charge in [0.1, 0.15) is 6.54 Å². The van der Waals surface area contributed by atoms with E-state index in [2.05, 4.69) is 67.7 Å². The first-order valence-corrected chi connectivity index (χ1v) is 13.0. The van der Waals surface area contributed by atoms with E-state index in [4.69, 9.17) is 0 Å². The molecule has 2 fully saturated rings. The van der Waals surface area contributed by atoms with E-state index in [1.807, 2.05) is 11.0 Å². The van der Waals surface area contributed by atoms with Crippen molar-refractivity contribution in [2.75, 3.05) is 13.1 Å². The number of hydrogen-bond donors (Lipinski definition) is 1. The van der Waals surface area contributed by atoms with Gasteiger partial charge in [-0.1, -0.05) is 73.9 Å². The van der Waals surface area contributed by atoms with Crippen molar-refractivity contribution in [2.24, 2.45) is 0 Å². The Balaban J connectivity index is 1.42. The van der Waals surface area contributed by atoms with E-state index < -0.39 is 0 Å². The summed E-state index contributed by atoms with van der Waals surface area (Å²) in [5, 5.41) is 3.40. The van der Waals surface area contributed by atoms with E-state index in [9.17, 15) is 9.59 Å². The molecule has 1 saturated heterocycles. The van der Waals surface area contributed by atoms with Crippen LogP contribution in [-0.4, -0.2) is 41.1 Å². The Morgan fingerprint density at radius 2 is 1.76 bits per heavy atom. The van der Waals surface area contributed by atoms with Gasteiger partial charge in [0, 0.05) is 17.8 Å². The van der Waals surface area contributed by atoms with Gasteiger partial charge < -0.3 is 10.2 Å². The number of carbonyl (C=O) groups is 2. The average molecular weight is 463 g/mol. The molecule has 1 aliphatic heterocycles. The van der Waals surface area contributed by atoms with E-state index in [1.54, 1.807) is 11.8 Å². The zero-order valence-electron chi connectivity index (χ0n) is 19.7. The second-order valence-corrected chi connectivity index (χ2v) is 10.4. The first-order chi connectivity index (χ1) is 16.0. The van der Waals surface area contributed by atoms with Crippen LogP contribution >= 0.6 is 11.8 Å². The fourth-order valence-corrected chi connectivity index (χ4v) is 6.15. The highest BCUT2D eigenvalue weighted by Gasteiger charge is 2.41. The molecular formula is C28H34N2O2S. The standard InChI is InChI=1S/C28H34N2O2S/c1-3-21-12-14-23(15-13-21)18-26-28(32)30(24-6-4-5-7-25(24)33-26)19-27(31)29-17-16-22-10-8-20(2)9-11-22/h8-15,18,24-25H,3-7,16-17,19H2,1-2H3,(H,29,31)/b26-18+. The zero-order valence-corrected chi connectivity index (χ0v) is 20.5. The van der Waals surface area contributed by atoms with Crippen LogP contribution in [-0.2, 0) is 22.4 Å². The summed E-state index contributed by atoms with van der Waals surface area (Å²) in [5.74, 6) is -0.0743. The molecule has 0 bridgehead atoms. The predicted octanol–water partition coefficient (Wildman–Crippen LogP) is 5.14. The van der Waals surface area contributed by atoms with Crippen molar-refractivity contribution in [3.8, 4) is 0 Å². The Morgan fingerprint density at radius 3 is 2.48 bits per heavy atom. The molecule has 2 amide bonds. The fourth-order valence-electron chi connectivity index (χ4n) is 4.67. The number of nitrogens with one attached hydrogen (secondary N) is 1. The number of rotatable bonds is 7. The first-order valence-electron chi connectivity index (χ1n) is 12.1. The number of amides is 2. The van der Waals surface area contributed by atoms with Crippen LogP contribution in [0.5, 0.6) is 0 Å². The lowest BCUT2D eigenvalue weighted by Crippen LogP contribution is -2.54. The Kier molecular flexibility index (Phi) is 7.92. The highest BCUT2D eigenvalue weighted by molar-refractivity contribution is 8.04. The minimum atomic E-state index is -0.0710. The maximum absolute atomic E-state index is 13.4. The summed E-state index contributed by atoms with van der Waals surface area (Å²) in [6, 6.07) is 16.9. The molecule has 5 heteroatoms. The Morgan fingerprint density at radius 1 is 1.06 bits per heavy atom. The van der Waals surface area contributed by atoms with Crippen LogP contribution in [0.3, 0.4) is 0 Å². The quantitative estimate of drug-likeness (QED) is 0.580. The summed E-state index contributed by atoms with van der Waals surface area (Å²) in [6.07, 6.45) is 8.19. The Labute approximate surface area is 201 Å². The minimum absolute atomic E-state index is 0.00333. The molecule has 4 rings (SSSR count). The van der Waals surface area contributed by atoms with Gasteiger partial charge in [-0.25, -0.2) is 0 Å². The SMILES string of the molecule is CCc1ccc(/C=C2/SC3CCCCC3N(CC(=O)NCCc3ccc(C)cc3)C2=O)cc1. The highest BCUT2D eigenvalue weighted by Crippen LogP contribution is 2.42. The molecule has 2 aromatic rings. The molecule has 0 radical (unpaired) electrons. The van der Waals surface area contributed by atoms with Crippen LogP contribution < -0.4 is 5.32 Å². The summed E-state index contributed by atoms with van der Waals surface area (Å²) in [5.41, 5.74) is 4.77. The zero-order chi connectivity index (χ0) is 23.2. The molecule has 4 nitrogen and oxygen atoms in total. The maximum atomic E-state index is 13.4. The molecule has 1 saturated carbocycles. The number of fused-ring (bicyclic) bond motifs is 1. The summed E-state index contributed by atoms with van der Waals surface area (Å²) >= 11 is 1.71. The van der Waals surface area contributed by atoms with Crippen molar-refractivity contribution in [1.29, 1.82) is 0 Å². The van der Waals surface area contributed by atoms with Gasteiger partial charge in [0.15, 0.2) is 0 Å². The third-order valence-corrected chi connectivity index (χ3v) is 8.07. The highest BCUT2D eigenvalue weighted by atomic mass is 32.2. The summed E-state index contributed by atoms with van der Waals surface area (Å²) < 4.78 is 0. The molecule has 174 valence electrons. The fraction of sp³-hybridized carbons (Fsp3) is 0.429. The molecule has 1 heterocycles. The lowest BCUT2D eigenvalue weighted by molar-refractivity contribution is -0.135. The number of nitrogens with zero attached hydrogens (tertiary/aromatic N) is 1. The smallest absolute Gasteiger partial charge is 0.261 e.